The Morgan fingerprint density at radius 2 is 1.80 bits per heavy atom. The van der Waals surface area contributed by atoms with E-state index in [-0.39, 0.29) is 0 Å². The Balaban J connectivity index is 1.52. The number of hydrogen-bond donors (Lipinski definition) is 1. The summed E-state index contributed by atoms with van der Waals surface area (Å²) in [6, 6.07) is 0.551. The third-order valence-electron chi connectivity index (χ3n) is 6.80. The lowest BCUT2D eigenvalue weighted by Gasteiger charge is -2.56. The van der Waals surface area contributed by atoms with Crippen LogP contribution in [0.1, 0.15) is 49.5 Å². The molecule has 6 rings (SSSR count). The maximum absolute atomic E-state index is 4.77. The number of rotatable bonds is 1. The van der Waals surface area contributed by atoms with Gasteiger partial charge < -0.3 is 9.88 Å². The molecular formula is C17H25N3. The van der Waals surface area contributed by atoms with Crippen molar-refractivity contribution in [3.63, 3.8) is 0 Å². The number of fused-ring (bicyclic) bond motifs is 1. The first kappa shape index (κ1) is 11.8. The van der Waals surface area contributed by atoms with E-state index in [2.05, 4.69) is 16.9 Å². The van der Waals surface area contributed by atoms with Gasteiger partial charge in [-0.1, -0.05) is 0 Å². The number of nitrogens with zero attached hydrogens (tertiary/aromatic N) is 2. The maximum Gasteiger partial charge on any atom is 0.0949 e. The van der Waals surface area contributed by atoms with Gasteiger partial charge in [0.25, 0.3) is 0 Å². The largest absolute Gasteiger partial charge is 0.337 e. The summed E-state index contributed by atoms with van der Waals surface area (Å²) < 4.78 is 2.25. The van der Waals surface area contributed by atoms with Gasteiger partial charge in [0.15, 0.2) is 0 Å². The van der Waals surface area contributed by atoms with Crippen LogP contribution in [0.15, 0.2) is 6.33 Å². The molecule has 0 amide bonds. The van der Waals surface area contributed by atoms with Crippen molar-refractivity contribution in [2.75, 3.05) is 6.54 Å². The van der Waals surface area contributed by atoms with Gasteiger partial charge in [0.1, 0.15) is 0 Å². The molecule has 4 fully saturated rings. The molecular weight excluding hydrogens is 246 g/mol. The first-order valence-electron chi connectivity index (χ1n) is 8.53. The Morgan fingerprint density at radius 1 is 1.10 bits per heavy atom. The topological polar surface area (TPSA) is 29.9 Å². The molecule has 20 heavy (non-hydrogen) atoms. The fraction of sp³-hybridized carbons (Fsp3) is 0.824. The van der Waals surface area contributed by atoms with Crippen LogP contribution >= 0.6 is 0 Å². The van der Waals surface area contributed by atoms with Gasteiger partial charge in [-0.15, -0.1) is 0 Å². The predicted molar refractivity (Wildman–Crippen MR) is 78.2 cm³/mol. The molecule has 1 aromatic heterocycles. The Hall–Kier alpha value is -0.830. The summed E-state index contributed by atoms with van der Waals surface area (Å²) >= 11 is 0. The number of hydrogen-bond acceptors (Lipinski definition) is 2. The molecule has 1 unspecified atom stereocenters. The molecule has 4 saturated carbocycles. The van der Waals surface area contributed by atoms with Gasteiger partial charge in [0, 0.05) is 25.7 Å². The molecule has 0 radical (unpaired) electrons. The Morgan fingerprint density at radius 3 is 2.50 bits per heavy atom. The van der Waals surface area contributed by atoms with Crippen molar-refractivity contribution < 1.29 is 0 Å². The van der Waals surface area contributed by atoms with Gasteiger partial charge >= 0.3 is 0 Å². The minimum absolute atomic E-state index is 0.551. The molecule has 0 spiro atoms. The van der Waals surface area contributed by atoms with E-state index < -0.39 is 0 Å². The lowest BCUT2D eigenvalue weighted by molar-refractivity contribution is -0.0539. The molecule has 1 aliphatic heterocycles. The van der Waals surface area contributed by atoms with E-state index >= 15 is 0 Å². The van der Waals surface area contributed by atoms with Crippen molar-refractivity contribution in [2.45, 2.75) is 44.6 Å². The molecule has 108 valence electrons. The Labute approximate surface area is 121 Å². The van der Waals surface area contributed by atoms with Gasteiger partial charge in [-0.2, -0.15) is 0 Å². The average Bonchev–Trinajstić information content (AvgIpc) is 2.80. The van der Waals surface area contributed by atoms with Crippen molar-refractivity contribution in [1.82, 2.24) is 14.9 Å². The summed E-state index contributed by atoms with van der Waals surface area (Å²) in [7, 11) is 2.16. The molecule has 5 aliphatic rings. The number of aryl methyl sites for hydroxylation is 1. The highest BCUT2D eigenvalue weighted by Crippen LogP contribution is 2.59. The highest BCUT2D eigenvalue weighted by molar-refractivity contribution is 5.23. The summed E-state index contributed by atoms with van der Waals surface area (Å²) in [5, 5.41) is 3.84. The molecule has 3 nitrogen and oxygen atoms in total. The lowest BCUT2D eigenvalue weighted by Crippen LogP contribution is -2.51. The van der Waals surface area contributed by atoms with Crippen molar-refractivity contribution in [3.8, 4) is 0 Å². The van der Waals surface area contributed by atoms with E-state index in [1.165, 1.54) is 37.1 Å². The van der Waals surface area contributed by atoms with Gasteiger partial charge in [-0.05, 0) is 61.7 Å². The summed E-state index contributed by atoms with van der Waals surface area (Å²) in [6.45, 7) is 1.14. The fourth-order valence-corrected chi connectivity index (χ4v) is 6.31. The quantitative estimate of drug-likeness (QED) is 0.851. The zero-order valence-corrected chi connectivity index (χ0v) is 12.4. The summed E-state index contributed by atoms with van der Waals surface area (Å²) in [6.07, 6.45) is 10.8. The van der Waals surface area contributed by atoms with Crippen molar-refractivity contribution in [2.24, 2.45) is 36.6 Å². The van der Waals surface area contributed by atoms with Crippen LogP contribution in [0, 0.1) is 29.6 Å². The molecule has 0 saturated heterocycles. The molecule has 4 aliphatic carbocycles. The van der Waals surface area contributed by atoms with Crippen LogP contribution < -0.4 is 5.32 Å². The van der Waals surface area contributed by atoms with Gasteiger partial charge in [-0.25, -0.2) is 4.98 Å². The highest BCUT2D eigenvalue weighted by atomic mass is 15.1. The fourth-order valence-electron chi connectivity index (χ4n) is 6.31. The van der Waals surface area contributed by atoms with Crippen LogP contribution in [0.2, 0.25) is 0 Å². The lowest BCUT2D eigenvalue weighted by atomic mass is 9.50. The Kier molecular flexibility index (Phi) is 2.41. The van der Waals surface area contributed by atoms with Crippen molar-refractivity contribution in [1.29, 1.82) is 0 Å². The molecule has 1 N–H and O–H groups in total. The molecule has 3 heteroatoms. The van der Waals surface area contributed by atoms with Crippen LogP contribution in [-0.4, -0.2) is 16.1 Å². The Bertz CT molecular complexity index is 504. The van der Waals surface area contributed by atoms with Crippen LogP contribution in [0.5, 0.6) is 0 Å². The zero-order chi connectivity index (χ0) is 13.3. The minimum atomic E-state index is 0.551. The minimum Gasteiger partial charge on any atom is -0.337 e. The van der Waals surface area contributed by atoms with Crippen LogP contribution in [0.4, 0.5) is 0 Å². The maximum atomic E-state index is 4.77. The van der Waals surface area contributed by atoms with Gasteiger partial charge in [0.2, 0.25) is 0 Å². The van der Waals surface area contributed by atoms with E-state index in [4.69, 9.17) is 4.98 Å². The number of nitrogens with one attached hydrogen (secondary N) is 1. The first-order chi connectivity index (χ1) is 9.79. The monoisotopic (exact) mass is 271 g/mol. The number of aromatic nitrogens is 2. The van der Waals surface area contributed by atoms with Crippen LogP contribution in [-0.2, 0) is 13.5 Å². The summed E-state index contributed by atoms with van der Waals surface area (Å²) in [4.78, 5) is 4.77. The summed E-state index contributed by atoms with van der Waals surface area (Å²) in [5.41, 5.74) is 2.87. The van der Waals surface area contributed by atoms with Crippen LogP contribution in [0.25, 0.3) is 0 Å². The normalized spacial score (nSPS) is 45.6. The molecule has 2 heterocycles. The van der Waals surface area contributed by atoms with Gasteiger partial charge in [-0.3, -0.25) is 0 Å². The highest BCUT2D eigenvalue weighted by Gasteiger charge is 2.51. The van der Waals surface area contributed by atoms with E-state index in [0.29, 0.717) is 6.04 Å². The smallest absolute Gasteiger partial charge is 0.0949 e. The van der Waals surface area contributed by atoms with E-state index in [1.54, 1.807) is 6.42 Å². The van der Waals surface area contributed by atoms with Crippen LogP contribution in [0.3, 0.4) is 0 Å². The van der Waals surface area contributed by atoms with E-state index in [9.17, 15) is 0 Å². The molecule has 1 atom stereocenters. The molecule has 1 aromatic rings. The summed E-state index contributed by atoms with van der Waals surface area (Å²) in [5.74, 6) is 4.98. The third-order valence-corrected chi connectivity index (χ3v) is 6.80. The van der Waals surface area contributed by atoms with E-state index in [1.807, 2.05) is 6.33 Å². The van der Waals surface area contributed by atoms with Crippen molar-refractivity contribution >= 4 is 0 Å². The second kappa shape index (κ2) is 4.09. The molecule has 0 aromatic carbocycles. The zero-order valence-electron chi connectivity index (χ0n) is 12.4. The van der Waals surface area contributed by atoms with Crippen molar-refractivity contribution in [3.05, 3.63) is 17.7 Å². The van der Waals surface area contributed by atoms with E-state index in [0.717, 1.165) is 42.6 Å². The standard InChI is InChI=1S/C17H25N3/c1-20-9-19-16-14(20)2-3-18-17(16)15-12-5-10-4-11(7-12)8-13(15)6-10/h9-13,15,17-18H,2-8H2,1H3. The molecule has 4 bridgehead atoms. The second-order valence-electron chi connectivity index (χ2n) is 7.88. The predicted octanol–water partition coefficient (Wildman–Crippen LogP) is 2.68. The number of imidazole rings is 1. The van der Waals surface area contributed by atoms with Gasteiger partial charge in [0.05, 0.1) is 18.1 Å². The first-order valence-corrected chi connectivity index (χ1v) is 8.53. The average molecular weight is 271 g/mol. The SMILES string of the molecule is Cn1cnc2c1CCNC2C1C2CC3CC(C2)CC1C3. The third kappa shape index (κ3) is 1.53. The second-order valence-corrected chi connectivity index (χ2v) is 7.88.